The zero-order chi connectivity index (χ0) is 10.6. The molecule has 0 aliphatic carbocycles. The highest BCUT2D eigenvalue weighted by Crippen LogP contribution is 2.19. The lowest BCUT2D eigenvalue weighted by molar-refractivity contribution is -0.108. The first kappa shape index (κ1) is 10.5. The van der Waals surface area contributed by atoms with Crippen LogP contribution in [-0.2, 0) is 4.79 Å². The van der Waals surface area contributed by atoms with Crippen molar-refractivity contribution < 1.29 is 9.59 Å². The number of imide groups is 1. The predicted molar refractivity (Wildman–Crippen MR) is 54.5 cm³/mol. The van der Waals surface area contributed by atoms with Gasteiger partial charge in [0.25, 0.3) is 5.91 Å². The van der Waals surface area contributed by atoms with Gasteiger partial charge in [-0.2, -0.15) is 0 Å². The third-order valence-corrected chi connectivity index (χ3v) is 1.92. The van der Waals surface area contributed by atoms with E-state index in [1.165, 1.54) is 6.07 Å². The van der Waals surface area contributed by atoms with E-state index in [0.717, 1.165) is 0 Å². The Morgan fingerprint density at radius 3 is 2.79 bits per heavy atom. The summed E-state index contributed by atoms with van der Waals surface area (Å²) in [6.07, 6.45) is 0.336. The minimum atomic E-state index is -0.480. The van der Waals surface area contributed by atoms with Crippen LogP contribution >= 0.6 is 11.6 Å². The minimum Gasteiger partial charge on any atom is -0.387 e. The molecule has 0 aliphatic rings. The third kappa shape index (κ3) is 2.23. The number of amides is 2. The van der Waals surface area contributed by atoms with Crippen molar-refractivity contribution in [1.29, 1.82) is 0 Å². The number of halogens is 1. The van der Waals surface area contributed by atoms with E-state index < -0.39 is 5.91 Å². The number of carbonyl (C=O) groups excluding carboxylic acids is 2. The topological polar surface area (TPSA) is 58.2 Å². The largest absolute Gasteiger partial charge is 0.387 e. The summed E-state index contributed by atoms with van der Waals surface area (Å²) in [5.74, 6) is -0.480. The standard InChI is InChI=1S/C9H9ClN2O2/c1-11-8-3-2-6(10)4-7(8)9(14)12-5-13/h2-5,11H,1H3,(H,12,13,14). The van der Waals surface area contributed by atoms with Crippen molar-refractivity contribution in [2.45, 2.75) is 0 Å². The number of hydrogen-bond acceptors (Lipinski definition) is 3. The lowest BCUT2D eigenvalue weighted by Gasteiger charge is -2.07. The van der Waals surface area contributed by atoms with Gasteiger partial charge in [0.15, 0.2) is 0 Å². The van der Waals surface area contributed by atoms with Crippen molar-refractivity contribution >= 4 is 29.6 Å². The molecular formula is C9H9ClN2O2. The SMILES string of the molecule is CNc1ccc(Cl)cc1C(=O)NC=O. The first-order valence-electron chi connectivity index (χ1n) is 3.91. The molecular weight excluding hydrogens is 204 g/mol. The number of benzene rings is 1. The van der Waals surface area contributed by atoms with Gasteiger partial charge in [-0.15, -0.1) is 0 Å². The maximum Gasteiger partial charge on any atom is 0.259 e. The number of anilines is 1. The van der Waals surface area contributed by atoms with Crippen LogP contribution < -0.4 is 10.6 Å². The Hall–Kier alpha value is -1.55. The van der Waals surface area contributed by atoms with Crippen LogP contribution in [0.15, 0.2) is 18.2 Å². The summed E-state index contributed by atoms with van der Waals surface area (Å²) < 4.78 is 0. The Labute approximate surface area is 86.3 Å². The smallest absolute Gasteiger partial charge is 0.259 e. The van der Waals surface area contributed by atoms with Crippen molar-refractivity contribution in [3.63, 3.8) is 0 Å². The normalized spacial score (nSPS) is 9.29. The molecule has 1 aromatic rings. The van der Waals surface area contributed by atoms with Crippen molar-refractivity contribution in [3.05, 3.63) is 28.8 Å². The number of rotatable bonds is 3. The third-order valence-electron chi connectivity index (χ3n) is 1.69. The monoisotopic (exact) mass is 212 g/mol. The lowest BCUT2D eigenvalue weighted by Crippen LogP contribution is -2.22. The van der Waals surface area contributed by atoms with E-state index in [0.29, 0.717) is 22.7 Å². The predicted octanol–water partition coefficient (Wildman–Crippen LogP) is 1.27. The first-order chi connectivity index (χ1) is 6.69. The van der Waals surface area contributed by atoms with E-state index >= 15 is 0 Å². The summed E-state index contributed by atoms with van der Waals surface area (Å²) in [6.45, 7) is 0. The summed E-state index contributed by atoms with van der Waals surface area (Å²) >= 11 is 5.72. The van der Waals surface area contributed by atoms with E-state index in [2.05, 4.69) is 5.32 Å². The fourth-order valence-corrected chi connectivity index (χ4v) is 1.23. The molecule has 0 aliphatic heterocycles. The molecule has 1 aromatic carbocycles. The van der Waals surface area contributed by atoms with Crippen molar-refractivity contribution in [2.24, 2.45) is 0 Å². The molecule has 2 N–H and O–H groups in total. The van der Waals surface area contributed by atoms with Crippen molar-refractivity contribution in [1.82, 2.24) is 5.32 Å². The second kappa shape index (κ2) is 4.62. The molecule has 0 radical (unpaired) electrons. The molecule has 0 bridgehead atoms. The Bertz CT molecular complexity index is 366. The van der Waals surface area contributed by atoms with Gasteiger partial charge >= 0.3 is 0 Å². The summed E-state index contributed by atoms with van der Waals surface area (Å²) in [5, 5.41) is 5.32. The van der Waals surface area contributed by atoms with Crippen molar-refractivity contribution in [2.75, 3.05) is 12.4 Å². The molecule has 0 aromatic heterocycles. The van der Waals surface area contributed by atoms with E-state index in [1.54, 1.807) is 19.2 Å². The average molecular weight is 213 g/mol. The van der Waals surface area contributed by atoms with Gasteiger partial charge in [0.05, 0.1) is 5.56 Å². The number of hydrogen-bond donors (Lipinski definition) is 2. The van der Waals surface area contributed by atoms with Gasteiger partial charge in [0.1, 0.15) is 0 Å². The molecule has 1 rings (SSSR count). The van der Waals surface area contributed by atoms with Crippen LogP contribution in [0.25, 0.3) is 0 Å². The van der Waals surface area contributed by atoms with Crippen molar-refractivity contribution in [3.8, 4) is 0 Å². The molecule has 5 heteroatoms. The summed E-state index contributed by atoms with van der Waals surface area (Å²) in [7, 11) is 1.68. The fourth-order valence-electron chi connectivity index (χ4n) is 1.05. The maximum atomic E-state index is 11.3. The van der Waals surface area contributed by atoms with Gasteiger partial charge in [0, 0.05) is 17.8 Å². The molecule has 0 saturated heterocycles. The van der Waals surface area contributed by atoms with Gasteiger partial charge in [0.2, 0.25) is 6.41 Å². The van der Waals surface area contributed by atoms with Gasteiger partial charge < -0.3 is 5.32 Å². The van der Waals surface area contributed by atoms with Crippen LogP contribution in [0.1, 0.15) is 10.4 Å². The van der Waals surface area contributed by atoms with Gasteiger partial charge in [-0.05, 0) is 18.2 Å². The lowest BCUT2D eigenvalue weighted by atomic mass is 10.1. The summed E-state index contributed by atoms with van der Waals surface area (Å²) in [4.78, 5) is 21.4. The first-order valence-corrected chi connectivity index (χ1v) is 4.28. The molecule has 0 heterocycles. The van der Waals surface area contributed by atoms with Crippen LogP contribution in [0.2, 0.25) is 5.02 Å². The van der Waals surface area contributed by atoms with Crippen LogP contribution in [0, 0.1) is 0 Å². The highest BCUT2D eigenvalue weighted by atomic mass is 35.5. The van der Waals surface area contributed by atoms with E-state index in [4.69, 9.17) is 11.6 Å². The van der Waals surface area contributed by atoms with Crippen LogP contribution in [0.3, 0.4) is 0 Å². The summed E-state index contributed by atoms with van der Waals surface area (Å²) in [6, 6.07) is 4.82. The molecule has 0 saturated carbocycles. The van der Waals surface area contributed by atoms with Crippen LogP contribution in [0.5, 0.6) is 0 Å². The Balaban J connectivity index is 3.09. The second-order valence-electron chi connectivity index (χ2n) is 2.53. The number of nitrogens with one attached hydrogen (secondary N) is 2. The van der Waals surface area contributed by atoms with E-state index in [-0.39, 0.29) is 0 Å². The fraction of sp³-hybridized carbons (Fsp3) is 0.111. The summed E-state index contributed by atoms with van der Waals surface area (Å²) in [5.41, 5.74) is 0.959. The molecule has 14 heavy (non-hydrogen) atoms. The zero-order valence-electron chi connectivity index (χ0n) is 7.50. The maximum absolute atomic E-state index is 11.3. The zero-order valence-corrected chi connectivity index (χ0v) is 8.26. The molecule has 0 spiro atoms. The second-order valence-corrected chi connectivity index (χ2v) is 2.97. The van der Waals surface area contributed by atoms with Crippen LogP contribution in [-0.4, -0.2) is 19.4 Å². The Morgan fingerprint density at radius 1 is 1.50 bits per heavy atom. The molecule has 2 amide bonds. The average Bonchev–Trinajstić information content (AvgIpc) is 2.18. The molecule has 4 nitrogen and oxygen atoms in total. The quantitative estimate of drug-likeness (QED) is 0.742. The van der Waals surface area contributed by atoms with E-state index in [9.17, 15) is 9.59 Å². The Kier molecular flexibility index (Phi) is 3.48. The minimum absolute atomic E-state index is 0.336. The number of carbonyl (C=O) groups is 2. The molecule has 0 fully saturated rings. The highest BCUT2D eigenvalue weighted by Gasteiger charge is 2.10. The molecule has 0 atom stereocenters. The van der Waals surface area contributed by atoms with E-state index in [1.807, 2.05) is 5.32 Å². The Morgan fingerprint density at radius 2 is 2.21 bits per heavy atom. The molecule has 74 valence electrons. The van der Waals surface area contributed by atoms with Gasteiger partial charge in [-0.1, -0.05) is 11.6 Å². The van der Waals surface area contributed by atoms with Gasteiger partial charge in [-0.25, -0.2) is 0 Å². The highest BCUT2D eigenvalue weighted by molar-refractivity contribution is 6.31. The van der Waals surface area contributed by atoms with Crippen LogP contribution in [0.4, 0.5) is 5.69 Å². The van der Waals surface area contributed by atoms with Gasteiger partial charge in [-0.3, -0.25) is 14.9 Å². The molecule has 0 unspecified atom stereocenters.